The van der Waals surface area contributed by atoms with Gasteiger partial charge in [0.15, 0.2) is 5.82 Å². The quantitative estimate of drug-likeness (QED) is 0.545. The molecule has 7 heteroatoms. The highest BCUT2D eigenvalue weighted by atomic mass is 16.5. The van der Waals surface area contributed by atoms with Crippen molar-refractivity contribution in [1.29, 1.82) is 5.26 Å². The van der Waals surface area contributed by atoms with Crippen molar-refractivity contribution < 1.29 is 9.53 Å². The molecule has 150 valence electrons. The zero-order chi connectivity index (χ0) is 20.9. The van der Waals surface area contributed by atoms with E-state index in [0.717, 1.165) is 0 Å². The van der Waals surface area contributed by atoms with Gasteiger partial charge in [-0.25, -0.2) is 4.79 Å². The summed E-state index contributed by atoms with van der Waals surface area (Å²) in [5.74, 6) is 0.215. The number of carbonyl (C=O) groups excluding carboxylic acids is 1. The number of nitrogen functional groups attached to an aromatic ring is 1. The van der Waals surface area contributed by atoms with Crippen LogP contribution in [0.1, 0.15) is 34.7 Å². The Morgan fingerprint density at radius 1 is 1.20 bits per heavy atom. The molecule has 0 saturated heterocycles. The molecule has 2 aromatic carbocycles. The van der Waals surface area contributed by atoms with Crippen LogP contribution in [0.3, 0.4) is 0 Å². The number of aromatic amines is 1. The zero-order valence-electron chi connectivity index (χ0n) is 16.3. The third-order valence-electron chi connectivity index (χ3n) is 5.14. The third-order valence-corrected chi connectivity index (χ3v) is 5.14. The molecule has 4 N–H and O–H groups in total. The Kier molecular flexibility index (Phi) is 5.48. The molecular formula is C23H21N5O2. The molecule has 0 saturated carbocycles. The van der Waals surface area contributed by atoms with Crippen LogP contribution in [0.2, 0.25) is 0 Å². The highest BCUT2D eigenvalue weighted by Crippen LogP contribution is 2.44. The standard InChI is InChI=1S/C23H21N5O2/c24-13-19-21(27-28-22(19)25)11-5-6-12-26-23(29)30-14-20-17-9-3-1-7-15(17)16-8-2-4-10-18(16)20/h1-5,7-11,20H,6,12,14H2,(H,26,29)(H3,25,27,28). The molecule has 1 aliphatic carbocycles. The van der Waals surface area contributed by atoms with Gasteiger partial charge in [-0.05, 0) is 34.8 Å². The van der Waals surface area contributed by atoms with Crippen molar-refractivity contribution >= 4 is 18.0 Å². The van der Waals surface area contributed by atoms with Crippen molar-refractivity contribution in [2.45, 2.75) is 12.3 Å². The average Bonchev–Trinajstić information content (AvgIpc) is 3.29. The molecule has 0 aliphatic heterocycles. The lowest BCUT2D eigenvalue weighted by Gasteiger charge is -2.14. The fourth-order valence-electron chi connectivity index (χ4n) is 3.72. The van der Waals surface area contributed by atoms with Crippen LogP contribution in [0.4, 0.5) is 10.6 Å². The first kappa shape index (κ1) is 19.3. The normalized spacial score (nSPS) is 12.4. The summed E-state index contributed by atoms with van der Waals surface area (Å²) >= 11 is 0. The number of nitriles is 1. The fourth-order valence-corrected chi connectivity index (χ4v) is 3.72. The van der Waals surface area contributed by atoms with Crippen LogP contribution in [-0.2, 0) is 4.74 Å². The minimum atomic E-state index is -0.450. The van der Waals surface area contributed by atoms with E-state index in [0.29, 0.717) is 24.2 Å². The number of ether oxygens (including phenoxy) is 1. The fraction of sp³-hybridized carbons (Fsp3) is 0.174. The zero-order valence-corrected chi connectivity index (χ0v) is 16.3. The maximum absolute atomic E-state index is 12.1. The topological polar surface area (TPSA) is 117 Å². The molecule has 1 heterocycles. The first-order valence-corrected chi connectivity index (χ1v) is 9.68. The number of fused-ring (bicyclic) bond motifs is 3. The summed E-state index contributed by atoms with van der Waals surface area (Å²) in [5.41, 5.74) is 11.2. The number of carbonyl (C=O) groups is 1. The number of nitrogens with two attached hydrogens (primary N) is 1. The molecule has 4 rings (SSSR count). The molecule has 1 aliphatic rings. The predicted octanol–water partition coefficient (Wildman–Crippen LogP) is 3.81. The largest absolute Gasteiger partial charge is 0.449 e. The highest BCUT2D eigenvalue weighted by Gasteiger charge is 2.28. The average molecular weight is 399 g/mol. The van der Waals surface area contributed by atoms with Crippen LogP contribution < -0.4 is 11.1 Å². The Hall–Kier alpha value is -4.05. The smallest absolute Gasteiger partial charge is 0.407 e. The van der Waals surface area contributed by atoms with E-state index in [1.165, 1.54) is 22.3 Å². The van der Waals surface area contributed by atoms with Gasteiger partial charge in [0.25, 0.3) is 0 Å². The Labute approximate surface area is 174 Å². The van der Waals surface area contributed by atoms with Crippen LogP contribution in [0.25, 0.3) is 17.2 Å². The van der Waals surface area contributed by atoms with Gasteiger partial charge >= 0.3 is 6.09 Å². The van der Waals surface area contributed by atoms with Gasteiger partial charge in [-0.15, -0.1) is 0 Å². The molecule has 30 heavy (non-hydrogen) atoms. The summed E-state index contributed by atoms with van der Waals surface area (Å²) in [7, 11) is 0. The lowest BCUT2D eigenvalue weighted by Crippen LogP contribution is -2.26. The molecule has 1 amide bonds. The van der Waals surface area contributed by atoms with Crippen LogP contribution in [0.15, 0.2) is 54.6 Å². The molecule has 0 spiro atoms. The van der Waals surface area contributed by atoms with Gasteiger partial charge in [-0.3, -0.25) is 5.10 Å². The van der Waals surface area contributed by atoms with Crippen molar-refractivity contribution in [3.05, 3.63) is 77.0 Å². The monoisotopic (exact) mass is 399 g/mol. The summed E-state index contributed by atoms with van der Waals surface area (Å²) in [4.78, 5) is 12.1. The van der Waals surface area contributed by atoms with Crippen molar-refractivity contribution in [3.8, 4) is 17.2 Å². The molecule has 0 atom stereocenters. The number of nitrogens with zero attached hydrogens (tertiary/aromatic N) is 2. The minimum absolute atomic E-state index is 0.0401. The third kappa shape index (κ3) is 3.76. The van der Waals surface area contributed by atoms with Gasteiger partial charge in [0.05, 0.1) is 5.69 Å². The maximum Gasteiger partial charge on any atom is 0.407 e. The van der Waals surface area contributed by atoms with Crippen LogP contribution >= 0.6 is 0 Å². The number of amides is 1. The second kappa shape index (κ2) is 8.53. The van der Waals surface area contributed by atoms with E-state index in [4.69, 9.17) is 15.7 Å². The molecule has 1 aromatic heterocycles. The number of nitrogens with one attached hydrogen (secondary N) is 2. The maximum atomic E-state index is 12.1. The number of hydrogen-bond acceptors (Lipinski definition) is 5. The number of alkyl carbamates (subject to hydrolysis) is 1. The van der Waals surface area contributed by atoms with Crippen LogP contribution in [0.5, 0.6) is 0 Å². The van der Waals surface area contributed by atoms with E-state index in [-0.39, 0.29) is 18.3 Å². The molecule has 7 nitrogen and oxygen atoms in total. The van der Waals surface area contributed by atoms with Crippen LogP contribution in [0, 0.1) is 11.3 Å². The summed E-state index contributed by atoms with van der Waals surface area (Å²) in [6.45, 7) is 0.702. The summed E-state index contributed by atoms with van der Waals surface area (Å²) in [6, 6.07) is 18.4. The van der Waals surface area contributed by atoms with E-state index in [2.05, 4.69) is 39.8 Å². The lowest BCUT2D eigenvalue weighted by molar-refractivity contribution is 0.143. The van der Waals surface area contributed by atoms with Crippen molar-refractivity contribution in [2.24, 2.45) is 0 Å². The van der Waals surface area contributed by atoms with Crippen molar-refractivity contribution in [3.63, 3.8) is 0 Å². The summed E-state index contributed by atoms with van der Waals surface area (Å²) in [5, 5.41) is 18.3. The number of benzene rings is 2. The Bertz CT molecular complexity index is 1100. The van der Waals surface area contributed by atoms with E-state index < -0.39 is 6.09 Å². The second-order valence-corrected chi connectivity index (χ2v) is 6.95. The van der Waals surface area contributed by atoms with E-state index in [9.17, 15) is 4.79 Å². The van der Waals surface area contributed by atoms with Gasteiger partial charge in [0.1, 0.15) is 18.2 Å². The van der Waals surface area contributed by atoms with Crippen molar-refractivity contribution in [1.82, 2.24) is 15.5 Å². The molecule has 0 radical (unpaired) electrons. The van der Waals surface area contributed by atoms with Gasteiger partial charge in [0.2, 0.25) is 0 Å². The number of H-pyrrole nitrogens is 1. The Balaban J connectivity index is 1.29. The van der Waals surface area contributed by atoms with Gasteiger partial charge in [-0.1, -0.05) is 54.6 Å². The first-order chi connectivity index (χ1) is 14.7. The van der Waals surface area contributed by atoms with Gasteiger partial charge in [-0.2, -0.15) is 10.4 Å². The second-order valence-electron chi connectivity index (χ2n) is 6.95. The molecule has 0 fully saturated rings. The number of anilines is 1. The van der Waals surface area contributed by atoms with Gasteiger partial charge in [0, 0.05) is 12.5 Å². The minimum Gasteiger partial charge on any atom is -0.449 e. The number of aromatic nitrogens is 2. The van der Waals surface area contributed by atoms with E-state index >= 15 is 0 Å². The lowest BCUT2D eigenvalue weighted by atomic mass is 9.98. The first-order valence-electron chi connectivity index (χ1n) is 9.68. The Morgan fingerprint density at radius 3 is 2.53 bits per heavy atom. The van der Waals surface area contributed by atoms with E-state index in [1.54, 1.807) is 6.08 Å². The number of hydrogen-bond donors (Lipinski definition) is 3. The molecule has 3 aromatic rings. The predicted molar refractivity (Wildman–Crippen MR) is 114 cm³/mol. The molecule has 0 unspecified atom stereocenters. The Morgan fingerprint density at radius 2 is 1.87 bits per heavy atom. The number of rotatable bonds is 6. The SMILES string of the molecule is N#Cc1c(N)n[nH]c1C=CCCNC(=O)OCC1c2ccccc2-c2ccccc21. The summed E-state index contributed by atoms with van der Waals surface area (Å²) < 4.78 is 5.49. The summed E-state index contributed by atoms with van der Waals surface area (Å²) in [6.07, 6.45) is 3.68. The van der Waals surface area contributed by atoms with Gasteiger partial charge < -0.3 is 15.8 Å². The molecular weight excluding hydrogens is 378 g/mol. The molecule has 0 bridgehead atoms. The van der Waals surface area contributed by atoms with Crippen LogP contribution in [-0.4, -0.2) is 29.4 Å². The highest BCUT2D eigenvalue weighted by molar-refractivity contribution is 5.79. The van der Waals surface area contributed by atoms with Crippen molar-refractivity contribution in [2.75, 3.05) is 18.9 Å². The van der Waals surface area contributed by atoms with E-state index in [1.807, 2.05) is 36.4 Å².